The number of nitrogens with zero attached hydrogens (tertiary/aromatic N) is 1. The first-order valence-corrected chi connectivity index (χ1v) is 8.12. The second kappa shape index (κ2) is 7.05. The Balaban J connectivity index is 1.83. The Morgan fingerprint density at radius 1 is 1.21 bits per heavy atom. The molecule has 0 aromatic rings. The summed E-state index contributed by atoms with van der Waals surface area (Å²) in [6.07, 6.45) is 8.61. The lowest BCUT2D eigenvalue weighted by atomic mass is 9.84. The van der Waals surface area contributed by atoms with Crippen LogP contribution in [-0.2, 0) is 4.74 Å². The van der Waals surface area contributed by atoms with Crippen LogP contribution in [0.5, 0.6) is 0 Å². The van der Waals surface area contributed by atoms with Crippen LogP contribution < -0.4 is 5.32 Å². The SMILES string of the molecule is COC1CCN(CC2(CNC(C)C)CCCC2)CC1. The van der Waals surface area contributed by atoms with Crippen LogP contribution in [0.2, 0.25) is 0 Å². The number of nitrogens with one attached hydrogen (secondary N) is 1. The third-order valence-electron chi connectivity index (χ3n) is 4.98. The predicted molar refractivity (Wildman–Crippen MR) is 80.5 cm³/mol. The fourth-order valence-corrected chi connectivity index (χ4v) is 3.71. The van der Waals surface area contributed by atoms with Crippen LogP contribution in [0.3, 0.4) is 0 Å². The van der Waals surface area contributed by atoms with Crippen LogP contribution in [0.25, 0.3) is 0 Å². The Bertz CT molecular complexity index is 253. The highest BCUT2D eigenvalue weighted by Crippen LogP contribution is 2.39. The molecule has 1 aliphatic heterocycles. The standard InChI is InChI=1S/C16H32N2O/c1-14(2)17-12-16(8-4-5-9-16)13-18-10-6-15(19-3)7-11-18/h14-15,17H,4-13H2,1-3H3. The van der Waals surface area contributed by atoms with Crippen LogP contribution in [0, 0.1) is 5.41 Å². The summed E-state index contributed by atoms with van der Waals surface area (Å²) < 4.78 is 5.47. The fourth-order valence-electron chi connectivity index (χ4n) is 3.71. The van der Waals surface area contributed by atoms with Crippen molar-refractivity contribution in [1.29, 1.82) is 0 Å². The highest BCUT2D eigenvalue weighted by molar-refractivity contribution is 4.91. The molecule has 112 valence electrons. The maximum absolute atomic E-state index is 5.47. The van der Waals surface area contributed by atoms with E-state index < -0.39 is 0 Å². The highest BCUT2D eigenvalue weighted by Gasteiger charge is 2.36. The second-order valence-corrected chi connectivity index (χ2v) is 6.95. The third-order valence-corrected chi connectivity index (χ3v) is 4.98. The lowest BCUT2D eigenvalue weighted by molar-refractivity contribution is 0.0262. The summed E-state index contributed by atoms with van der Waals surface area (Å²) in [5.74, 6) is 0. The molecule has 19 heavy (non-hydrogen) atoms. The van der Waals surface area contributed by atoms with Crippen molar-refractivity contribution in [2.75, 3.05) is 33.3 Å². The summed E-state index contributed by atoms with van der Waals surface area (Å²) in [5.41, 5.74) is 0.546. The second-order valence-electron chi connectivity index (χ2n) is 6.95. The summed E-state index contributed by atoms with van der Waals surface area (Å²) >= 11 is 0. The molecular formula is C16H32N2O. The summed E-state index contributed by atoms with van der Waals surface area (Å²) in [7, 11) is 1.85. The molecule has 3 nitrogen and oxygen atoms in total. The van der Waals surface area contributed by atoms with Crippen molar-refractivity contribution < 1.29 is 4.74 Å². The predicted octanol–water partition coefficient (Wildman–Crippen LogP) is 2.66. The van der Waals surface area contributed by atoms with Crippen LogP contribution in [0.1, 0.15) is 52.4 Å². The van der Waals surface area contributed by atoms with Gasteiger partial charge in [0.05, 0.1) is 6.10 Å². The van der Waals surface area contributed by atoms with Gasteiger partial charge in [0.25, 0.3) is 0 Å². The molecule has 0 aromatic heterocycles. The zero-order valence-corrected chi connectivity index (χ0v) is 13.1. The van der Waals surface area contributed by atoms with Crippen molar-refractivity contribution in [3.05, 3.63) is 0 Å². The zero-order valence-electron chi connectivity index (χ0n) is 13.1. The van der Waals surface area contributed by atoms with Crippen LogP contribution >= 0.6 is 0 Å². The van der Waals surface area contributed by atoms with Gasteiger partial charge in [-0.15, -0.1) is 0 Å². The highest BCUT2D eigenvalue weighted by atomic mass is 16.5. The lowest BCUT2D eigenvalue weighted by Gasteiger charge is -2.39. The molecule has 0 spiro atoms. The largest absolute Gasteiger partial charge is 0.381 e. The van der Waals surface area contributed by atoms with Crippen molar-refractivity contribution in [2.24, 2.45) is 5.41 Å². The van der Waals surface area contributed by atoms with Gasteiger partial charge in [0.1, 0.15) is 0 Å². The van der Waals surface area contributed by atoms with Crippen molar-refractivity contribution >= 4 is 0 Å². The average molecular weight is 268 g/mol. The molecule has 1 saturated carbocycles. The molecule has 0 bridgehead atoms. The number of piperidine rings is 1. The average Bonchev–Trinajstić information content (AvgIpc) is 2.86. The van der Waals surface area contributed by atoms with Gasteiger partial charge in [-0.1, -0.05) is 26.7 Å². The molecule has 1 aliphatic carbocycles. The van der Waals surface area contributed by atoms with E-state index in [1.165, 1.54) is 64.7 Å². The molecule has 0 amide bonds. The molecular weight excluding hydrogens is 236 g/mol. The van der Waals surface area contributed by atoms with Crippen LogP contribution in [-0.4, -0.2) is 50.3 Å². The number of methoxy groups -OCH3 is 1. The van der Waals surface area contributed by atoms with E-state index in [0.717, 1.165) is 0 Å². The first-order chi connectivity index (χ1) is 9.13. The summed E-state index contributed by atoms with van der Waals surface area (Å²) in [5, 5.41) is 3.69. The van der Waals surface area contributed by atoms with Gasteiger partial charge in [-0.05, 0) is 31.1 Å². The molecule has 0 atom stereocenters. The Morgan fingerprint density at radius 3 is 2.37 bits per heavy atom. The van der Waals surface area contributed by atoms with E-state index in [9.17, 15) is 0 Å². The number of hydrogen-bond donors (Lipinski definition) is 1. The Labute approximate surface area is 119 Å². The van der Waals surface area contributed by atoms with Crippen molar-refractivity contribution in [3.63, 3.8) is 0 Å². The van der Waals surface area contributed by atoms with E-state index in [1.54, 1.807) is 0 Å². The quantitative estimate of drug-likeness (QED) is 0.801. The normalized spacial score (nSPS) is 25.3. The van der Waals surface area contributed by atoms with E-state index in [0.29, 0.717) is 17.6 Å². The molecule has 2 fully saturated rings. The van der Waals surface area contributed by atoms with Gasteiger partial charge in [0.2, 0.25) is 0 Å². The van der Waals surface area contributed by atoms with E-state index in [2.05, 4.69) is 24.1 Å². The van der Waals surface area contributed by atoms with Gasteiger partial charge >= 0.3 is 0 Å². The lowest BCUT2D eigenvalue weighted by Crippen LogP contribution is -2.47. The number of likely N-dealkylation sites (tertiary alicyclic amines) is 1. The molecule has 3 heteroatoms. The molecule has 1 N–H and O–H groups in total. The maximum Gasteiger partial charge on any atom is 0.0595 e. The fraction of sp³-hybridized carbons (Fsp3) is 1.00. The van der Waals surface area contributed by atoms with E-state index in [1.807, 2.05) is 7.11 Å². The van der Waals surface area contributed by atoms with Gasteiger partial charge in [0.15, 0.2) is 0 Å². The van der Waals surface area contributed by atoms with Crippen molar-refractivity contribution in [2.45, 2.75) is 64.5 Å². The minimum absolute atomic E-state index is 0.504. The topological polar surface area (TPSA) is 24.5 Å². The van der Waals surface area contributed by atoms with Gasteiger partial charge < -0.3 is 15.0 Å². The van der Waals surface area contributed by atoms with E-state index >= 15 is 0 Å². The van der Waals surface area contributed by atoms with Crippen molar-refractivity contribution in [3.8, 4) is 0 Å². The molecule has 1 heterocycles. The van der Waals surface area contributed by atoms with E-state index in [4.69, 9.17) is 4.74 Å². The number of rotatable bonds is 6. The number of hydrogen-bond acceptors (Lipinski definition) is 3. The monoisotopic (exact) mass is 268 g/mol. The molecule has 2 aliphatic rings. The maximum atomic E-state index is 5.47. The van der Waals surface area contributed by atoms with Gasteiger partial charge in [-0.2, -0.15) is 0 Å². The Morgan fingerprint density at radius 2 is 1.84 bits per heavy atom. The molecule has 2 rings (SSSR count). The van der Waals surface area contributed by atoms with Crippen LogP contribution in [0.4, 0.5) is 0 Å². The Kier molecular flexibility index (Phi) is 5.67. The summed E-state index contributed by atoms with van der Waals surface area (Å²) in [6.45, 7) is 9.46. The van der Waals surface area contributed by atoms with Gasteiger partial charge in [-0.3, -0.25) is 0 Å². The smallest absolute Gasteiger partial charge is 0.0595 e. The Hall–Kier alpha value is -0.120. The van der Waals surface area contributed by atoms with Crippen molar-refractivity contribution in [1.82, 2.24) is 10.2 Å². The minimum Gasteiger partial charge on any atom is -0.381 e. The number of ether oxygens (including phenoxy) is 1. The van der Waals surface area contributed by atoms with Gasteiger partial charge in [-0.25, -0.2) is 0 Å². The zero-order chi connectivity index (χ0) is 13.7. The minimum atomic E-state index is 0.504. The first kappa shape index (κ1) is 15.3. The first-order valence-electron chi connectivity index (χ1n) is 8.12. The molecule has 0 radical (unpaired) electrons. The van der Waals surface area contributed by atoms with E-state index in [-0.39, 0.29) is 0 Å². The summed E-state index contributed by atoms with van der Waals surface area (Å²) in [4.78, 5) is 2.68. The molecule has 0 aromatic carbocycles. The molecule has 0 unspecified atom stereocenters. The summed E-state index contributed by atoms with van der Waals surface area (Å²) in [6, 6.07) is 0.608. The molecule has 1 saturated heterocycles. The van der Waals surface area contributed by atoms with Crippen LogP contribution in [0.15, 0.2) is 0 Å². The van der Waals surface area contributed by atoms with Gasteiger partial charge in [0, 0.05) is 39.3 Å². The third kappa shape index (κ3) is 4.44.